The molecule has 0 spiro atoms. The first-order chi connectivity index (χ1) is 14.8. The third-order valence-electron chi connectivity index (χ3n) is 5.61. The molecule has 5 aromatic rings. The van der Waals surface area contributed by atoms with Crippen molar-refractivity contribution >= 4 is 43.8 Å². The number of halogens is 1. The maximum Gasteiger partial charge on any atom is 0.353 e. The van der Waals surface area contributed by atoms with Crippen LogP contribution in [0.15, 0.2) is 63.9 Å². The van der Waals surface area contributed by atoms with Gasteiger partial charge in [0.25, 0.3) is 5.56 Å². The molecule has 154 valence electrons. The van der Waals surface area contributed by atoms with Crippen molar-refractivity contribution in [1.29, 1.82) is 0 Å². The SMILES string of the molecule is Cn1c(=O)c(-c2ccc(Br)cc2)cc2c3cc(-c4cc(C(=O)O)[nH]n4)ccc3n(C)c21. The smallest absolute Gasteiger partial charge is 0.353 e. The molecule has 0 bridgehead atoms. The van der Waals surface area contributed by atoms with Crippen molar-refractivity contribution < 1.29 is 9.90 Å². The summed E-state index contributed by atoms with van der Waals surface area (Å²) in [5.41, 5.74) is 4.55. The molecule has 0 saturated carbocycles. The molecule has 0 amide bonds. The summed E-state index contributed by atoms with van der Waals surface area (Å²) in [6, 6.07) is 16.9. The highest BCUT2D eigenvalue weighted by molar-refractivity contribution is 9.10. The molecule has 0 unspecified atom stereocenters. The number of pyridine rings is 1. The van der Waals surface area contributed by atoms with E-state index in [-0.39, 0.29) is 11.3 Å². The van der Waals surface area contributed by atoms with Crippen molar-refractivity contribution in [1.82, 2.24) is 19.3 Å². The van der Waals surface area contributed by atoms with Crippen molar-refractivity contribution in [3.63, 3.8) is 0 Å². The summed E-state index contributed by atoms with van der Waals surface area (Å²) in [5.74, 6) is -1.06. The number of fused-ring (bicyclic) bond motifs is 3. The average Bonchev–Trinajstić information content (AvgIpc) is 3.35. The summed E-state index contributed by atoms with van der Waals surface area (Å²) in [7, 11) is 3.71. The van der Waals surface area contributed by atoms with Gasteiger partial charge in [0.05, 0.1) is 11.2 Å². The number of carbonyl (C=O) groups is 1. The van der Waals surface area contributed by atoms with Crippen LogP contribution in [0.5, 0.6) is 0 Å². The van der Waals surface area contributed by atoms with Crippen molar-refractivity contribution in [2.75, 3.05) is 0 Å². The Morgan fingerprint density at radius 2 is 1.68 bits per heavy atom. The molecule has 7 nitrogen and oxygen atoms in total. The molecule has 5 rings (SSSR count). The maximum absolute atomic E-state index is 13.1. The maximum atomic E-state index is 13.1. The molecule has 31 heavy (non-hydrogen) atoms. The van der Waals surface area contributed by atoms with E-state index in [0.717, 1.165) is 37.5 Å². The minimum absolute atomic E-state index is 0.0351. The first-order valence-corrected chi connectivity index (χ1v) is 10.3. The van der Waals surface area contributed by atoms with Crippen LogP contribution in [0.2, 0.25) is 0 Å². The molecule has 0 aliphatic heterocycles. The fourth-order valence-corrected chi connectivity index (χ4v) is 4.33. The minimum Gasteiger partial charge on any atom is -0.477 e. The van der Waals surface area contributed by atoms with E-state index in [1.165, 1.54) is 6.07 Å². The molecule has 2 aromatic carbocycles. The van der Waals surface area contributed by atoms with Gasteiger partial charge in [-0.2, -0.15) is 5.10 Å². The molecule has 0 aliphatic rings. The Bertz CT molecular complexity index is 1560. The standard InChI is InChI=1S/C23H17BrN4O3/c1-27-20-8-5-13(18-11-19(23(30)31)26-25-18)9-16(20)17-10-15(22(29)28(2)21(17)27)12-3-6-14(24)7-4-12/h3-11H,1-2H3,(H,25,26)(H,30,31). The Labute approximate surface area is 184 Å². The molecule has 8 heteroatoms. The topological polar surface area (TPSA) is 92.9 Å². The monoisotopic (exact) mass is 476 g/mol. The van der Waals surface area contributed by atoms with E-state index in [4.69, 9.17) is 5.11 Å². The van der Waals surface area contributed by atoms with E-state index in [1.807, 2.05) is 60.1 Å². The lowest BCUT2D eigenvalue weighted by Crippen LogP contribution is -2.20. The van der Waals surface area contributed by atoms with Crippen molar-refractivity contribution in [3.05, 3.63) is 75.1 Å². The third kappa shape index (κ3) is 2.98. The number of hydrogen-bond acceptors (Lipinski definition) is 3. The Balaban J connectivity index is 1.79. The van der Waals surface area contributed by atoms with Crippen LogP contribution < -0.4 is 5.56 Å². The van der Waals surface area contributed by atoms with Crippen LogP contribution in [0.25, 0.3) is 44.3 Å². The number of nitrogens with one attached hydrogen (secondary N) is 1. The molecule has 3 heterocycles. The number of H-pyrrole nitrogens is 1. The number of aromatic amines is 1. The largest absolute Gasteiger partial charge is 0.477 e. The highest BCUT2D eigenvalue weighted by Crippen LogP contribution is 2.33. The number of carboxylic acid groups (broad SMARTS) is 1. The second kappa shape index (κ2) is 6.95. The summed E-state index contributed by atoms with van der Waals surface area (Å²) in [6.07, 6.45) is 0. The number of benzene rings is 2. The van der Waals surface area contributed by atoms with Gasteiger partial charge in [0.15, 0.2) is 0 Å². The van der Waals surface area contributed by atoms with Gasteiger partial charge < -0.3 is 9.67 Å². The number of aromatic carboxylic acids is 1. The molecule has 3 aromatic heterocycles. The number of aryl methyl sites for hydroxylation is 2. The van der Waals surface area contributed by atoms with E-state index in [1.54, 1.807) is 11.6 Å². The van der Waals surface area contributed by atoms with Crippen LogP contribution in [0.4, 0.5) is 0 Å². The zero-order valence-electron chi connectivity index (χ0n) is 16.7. The van der Waals surface area contributed by atoms with E-state index in [0.29, 0.717) is 11.3 Å². The fourth-order valence-electron chi connectivity index (χ4n) is 4.07. The first-order valence-electron chi connectivity index (χ1n) is 9.52. The van der Waals surface area contributed by atoms with Crippen LogP contribution in [0.1, 0.15) is 10.5 Å². The number of carboxylic acids is 1. The highest BCUT2D eigenvalue weighted by atomic mass is 79.9. The third-order valence-corrected chi connectivity index (χ3v) is 6.14. The van der Waals surface area contributed by atoms with Gasteiger partial charge in [-0.15, -0.1) is 0 Å². The zero-order chi connectivity index (χ0) is 21.9. The lowest BCUT2D eigenvalue weighted by molar-refractivity contribution is 0.0690. The molecule has 2 N–H and O–H groups in total. The number of hydrogen-bond donors (Lipinski definition) is 2. The lowest BCUT2D eigenvalue weighted by Gasteiger charge is -2.08. The molecule has 0 aliphatic carbocycles. The van der Waals surface area contributed by atoms with Crippen LogP contribution in [0.3, 0.4) is 0 Å². The zero-order valence-corrected chi connectivity index (χ0v) is 18.3. The molecular formula is C23H17BrN4O3. The number of nitrogens with zero attached hydrogens (tertiary/aromatic N) is 3. The van der Waals surface area contributed by atoms with E-state index < -0.39 is 5.97 Å². The van der Waals surface area contributed by atoms with Crippen molar-refractivity contribution in [2.24, 2.45) is 14.1 Å². The van der Waals surface area contributed by atoms with E-state index >= 15 is 0 Å². The van der Waals surface area contributed by atoms with Crippen LogP contribution in [-0.2, 0) is 14.1 Å². The van der Waals surface area contributed by atoms with Crippen molar-refractivity contribution in [2.45, 2.75) is 0 Å². The molecule has 0 atom stereocenters. The summed E-state index contributed by atoms with van der Waals surface area (Å²) in [4.78, 5) is 24.3. The molecule has 0 saturated heterocycles. The van der Waals surface area contributed by atoms with Gasteiger partial charge in [0.1, 0.15) is 11.3 Å². The Kier molecular flexibility index (Phi) is 4.33. The fraction of sp³-hybridized carbons (Fsp3) is 0.0870. The number of rotatable bonds is 3. The van der Waals surface area contributed by atoms with Crippen LogP contribution in [0, 0.1) is 0 Å². The van der Waals surface area contributed by atoms with E-state index in [9.17, 15) is 9.59 Å². The van der Waals surface area contributed by atoms with Crippen LogP contribution in [-0.4, -0.2) is 30.4 Å². The summed E-state index contributed by atoms with van der Waals surface area (Å²) >= 11 is 3.44. The second-order valence-corrected chi connectivity index (χ2v) is 8.34. The normalized spacial score (nSPS) is 11.5. The van der Waals surface area contributed by atoms with Gasteiger partial charge in [-0.25, -0.2) is 4.79 Å². The predicted molar refractivity (Wildman–Crippen MR) is 123 cm³/mol. The van der Waals surface area contributed by atoms with Gasteiger partial charge in [-0.3, -0.25) is 14.5 Å². The molecular weight excluding hydrogens is 460 g/mol. The highest BCUT2D eigenvalue weighted by Gasteiger charge is 2.17. The van der Waals surface area contributed by atoms with Gasteiger partial charge in [0.2, 0.25) is 0 Å². The van der Waals surface area contributed by atoms with Gasteiger partial charge >= 0.3 is 5.97 Å². The summed E-state index contributed by atoms with van der Waals surface area (Å²) < 4.78 is 4.61. The molecule has 0 fully saturated rings. The second-order valence-electron chi connectivity index (χ2n) is 7.43. The quantitative estimate of drug-likeness (QED) is 0.399. The minimum atomic E-state index is -1.06. The Hall–Kier alpha value is -3.65. The first kappa shape index (κ1) is 19.3. The van der Waals surface area contributed by atoms with Crippen LogP contribution >= 0.6 is 15.9 Å². The Morgan fingerprint density at radius 1 is 0.968 bits per heavy atom. The van der Waals surface area contributed by atoms with Crippen molar-refractivity contribution in [3.8, 4) is 22.4 Å². The number of aromatic nitrogens is 4. The Morgan fingerprint density at radius 3 is 2.35 bits per heavy atom. The van der Waals surface area contributed by atoms with Gasteiger partial charge in [-0.1, -0.05) is 34.1 Å². The van der Waals surface area contributed by atoms with Gasteiger partial charge in [0, 0.05) is 40.5 Å². The van der Waals surface area contributed by atoms with E-state index in [2.05, 4.69) is 26.1 Å². The predicted octanol–water partition coefficient (Wildman–Crippen LogP) is 4.55. The summed E-state index contributed by atoms with van der Waals surface area (Å²) in [6.45, 7) is 0. The summed E-state index contributed by atoms with van der Waals surface area (Å²) in [5, 5.41) is 17.7. The molecule has 0 radical (unpaired) electrons. The lowest BCUT2D eigenvalue weighted by atomic mass is 10.0. The average molecular weight is 477 g/mol. The van der Waals surface area contributed by atoms with Gasteiger partial charge in [-0.05, 0) is 42.0 Å².